The second-order valence-electron chi connectivity index (χ2n) is 9.46. The van der Waals surface area contributed by atoms with Crippen molar-refractivity contribution in [2.24, 2.45) is 22.7 Å². The molecule has 1 heterocycles. The maximum atomic E-state index is 6.68. The van der Waals surface area contributed by atoms with Crippen molar-refractivity contribution in [1.82, 2.24) is 0 Å². The highest BCUT2D eigenvalue weighted by Gasteiger charge is 2.61. The predicted molar refractivity (Wildman–Crippen MR) is 89.3 cm³/mol. The summed E-state index contributed by atoms with van der Waals surface area (Å²) in [5.41, 5.74) is 0.920. The van der Waals surface area contributed by atoms with Crippen LogP contribution in [0.4, 0.5) is 0 Å². The Morgan fingerprint density at radius 1 is 0.905 bits per heavy atom. The Kier molecular flexibility index (Phi) is 3.41. The molecule has 0 aromatic rings. The second kappa shape index (κ2) is 4.60. The second-order valence-corrected chi connectivity index (χ2v) is 9.46. The smallest absolute Gasteiger partial charge is 0.0839 e. The molecule has 3 rings (SSSR count). The Balaban J connectivity index is 1.94. The topological polar surface area (TPSA) is 9.23 Å². The van der Waals surface area contributed by atoms with Gasteiger partial charge in [-0.05, 0) is 75.0 Å². The van der Waals surface area contributed by atoms with Crippen molar-refractivity contribution in [3.63, 3.8) is 0 Å². The zero-order chi connectivity index (χ0) is 15.5. The zero-order valence-corrected chi connectivity index (χ0v) is 14.8. The van der Waals surface area contributed by atoms with Gasteiger partial charge in [-0.15, -0.1) is 6.58 Å². The lowest BCUT2D eigenvalue weighted by atomic mass is 9.44. The Bertz CT molecular complexity index is 439. The first-order chi connectivity index (χ1) is 9.65. The quantitative estimate of drug-likeness (QED) is 0.559. The third-order valence-electron chi connectivity index (χ3n) is 7.57. The summed E-state index contributed by atoms with van der Waals surface area (Å²) in [5.74, 6) is 1.59. The van der Waals surface area contributed by atoms with Gasteiger partial charge in [0, 0.05) is 0 Å². The predicted octanol–water partition coefficient (Wildman–Crippen LogP) is 5.74. The number of hydrogen-bond acceptors (Lipinski definition) is 1. The highest BCUT2D eigenvalue weighted by Crippen LogP contribution is 2.65. The molecule has 2 saturated carbocycles. The minimum absolute atomic E-state index is 0.0554. The summed E-state index contributed by atoms with van der Waals surface area (Å²) >= 11 is 0. The number of fused-ring (bicyclic) bond motifs is 3. The van der Waals surface area contributed by atoms with Gasteiger partial charge in [0.15, 0.2) is 0 Å². The van der Waals surface area contributed by atoms with Crippen LogP contribution in [0, 0.1) is 22.7 Å². The Morgan fingerprint density at radius 2 is 1.57 bits per heavy atom. The monoisotopic (exact) mass is 290 g/mol. The molecule has 2 aliphatic carbocycles. The van der Waals surface area contributed by atoms with Gasteiger partial charge < -0.3 is 4.74 Å². The van der Waals surface area contributed by atoms with Crippen LogP contribution in [0.25, 0.3) is 0 Å². The zero-order valence-electron chi connectivity index (χ0n) is 14.8. The normalized spacial score (nSPS) is 52.6. The van der Waals surface area contributed by atoms with E-state index in [9.17, 15) is 0 Å². The fourth-order valence-electron chi connectivity index (χ4n) is 6.52. The lowest BCUT2D eigenvalue weighted by Gasteiger charge is -2.65. The Labute approximate surface area is 131 Å². The van der Waals surface area contributed by atoms with Gasteiger partial charge >= 0.3 is 0 Å². The van der Waals surface area contributed by atoms with Crippen molar-refractivity contribution >= 4 is 0 Å². The third-order valence-corrected chi connectivity index (χ3v) is 7.57. The van der Waals surface area contributed by atoms with E-state index in [1.54, 1.807) is 0 Å². The molecule has 0 aromatic heterocycles. The molecule has 120 valence electrons. The van der Waals surface area contributed by atoms with E-state index in [2.05, 4.69) is 41.2 Å². The number of rotatable bonds is 1. The molecule has 3 aliphatic rings. The third kappa shape index (κ3) is 2.22. The lowest BCUT2D eigenvalue weighted by molar-refractivity contribution is -0.252. The first-order valence-corrected chi connectivity index (χ1v) is 8.99. The standard InChI is InChI=1S/C20H34O/c1-7-18(4)13-9-16-19(5)12-8-11-17(2,3)15(19)10-14-20(16,6)21-18/h7,15-16H,1,8-14H2,2-6H3/t15?,16?,18-,19?,20?/m1/s1. The molecule has 1 aliphatic heterocycles. The molecule has 0 aromatic carbocycles. The highest BCUT2D eigenvalue weighted by molar-refractivity contribution is 5.12. The SMILES string of the molecule is C=C[C@]1(C)CCC2C(C)(CCC3C(C)(C)CCCC32C)O1. The molecule has 0 amide bonds. The van der Waals surface area contributed by atoms with Crippen LogP contribution in [0.15, 0.2) is 12.7 Å². The van der Waals surface area contributed by atoms with Crippen molar-refractivity contribution in [2.75, 3.05) is 0 Å². The van der Waals surface area contributed by atoms with E-state index in [4.69, 9.17) is 4.74 Å². The van der Waals surface area contributed by atoms with Gasteiger partial charge in [-0.1, -0.05) is 33.3 Å². The molecule has 1 nitrogen and oxygen atoms in total. The molecule has 1 saturated heterocycles. The van der Waals surface area contributed by atoms with Gasteiger partial charge in [0.25, 0.3) is 0 Å². The van der Waals surface area contributed by atoms with E-state index in [-0.39, 0.29) is 11.2 Å². The number of hydrogen-bond donors (Lipinski definition) is 0. The van der Waals surface area contributed by atoms with Crippen LogP contribution < -0.4 is 0 Å². The maximum absolute atomic E-state index is 6.68. The molecule has 0 spiro atoms. The van der Waals surface area contributed by atoms with Crippen molar-refractivity contribution in [3.05, 3.63) is 12.7 Å². The van der Waals surface area contributed by atoms with Gasteiger partial charge in [0.1, 0.15) is 0 Å². The van der Waals surface area contributed by atoms with E-state index in [0.29, 0.717) is 10.8 Å². The van der Waals surface area contributed by atoms with Crippen LogP contribution in [0.1, 0.15) is 79.6 Å². The summed E-state index contributed by atoms with van der Waals surface area (Å²) in [7, 11) is 0. The van der Waals surface area contributed by atoms with Crippen molar-refractivity contribution in [1.29, 1.82) is 0 Å². The molecule has 0 bridgehead atoms. The molecule has 5 atom stereocenters. The number of ether oxygens (including phenoxy) is 1. The van der Waals surface area contributed by atoms with Gasteiger partial charge in [0.2, 0.25) is 0 Å². The molecule has 0 radical (unpaired) electrons. The van der Waals surface area contributed by atoms with Crippen LogP contribution in [-0.2, 0) is 4.74 Å². The summed E-state index contributed by atoms with van der Waals surface area (Å²) in [6.45, 7) is 16.2. The summed E-state index contributed by atoms with van der Waals surface area (Å²) in [6, 6.07) is 0. The molecule has 3 fully saturated rings. The molecular formula is C20H34O. The van der Waals surface area contributed by atoms with Crippen LogP contribution in [0.3, 0.4) is 0 Å². The molecule has 1 heteroatoms. The van der Waals surface area contributed by atoms with Crippen molar-refractivity contribution in [3.8, 4) is 0 Å². The van der Waals surface area contributed by atoms with E-state index < -0.39 is 0 Å². The molecule has 21 heavy (non-hydrogen) atoms. The van der Waals surface area contributed by atoms with Gasteiger partial charge in [0.05, 0.1) is 11.2 Å². The lowest BCUT2D eigenvalue weighted by Crippen LogP contribution is -2.62. The summed E-state index contributed by atoms with van der Waals surface area (Å²) < 4.78 is 6.68. The fourth-order valence-corrected chi connectivity index (χ4v) is 6.52. The first kappa shape index (κ1) is 15.6. The van der Waals surface area contributed by atoms with Crippen molar-refractivity contribution < 1.29 is 4.74 Å². The minimum atomic E-state index is -0.112. The summed E-state index contributed by atoms with van der Waals surface area (Å²) in [6.07, 6.45) is 11.2. The Hall–Kier alpha value is -0.300. The largest absolute Gasteiger partial charge is 0.365 e. The van der Waals surface area contributed by atoms with Gasteiger partial charge in [-0.3, -0.25) is 0 Å². The highest BCUT2D eigenvalue weighted by atomic mass is 16.5. The minimum Gasteiger partial charge on any atom is -0.365 e. The average Bonchev–Trinajstić information content (AvgIpc) is 2.36. The maximum Gasteiger partial charge on any atom is 0.0839 e. The average molecular weight is 290 g/mol. The Morgan fingerprint density at radius 3 is 2.24 bits per heavy atom. The van der Waals surface area contributed by atoms with Gasteiger partial charge in [-0.25, -0.2) is 0 Å². The van der Waals surface area contributed by atoms with Crippen LogP contribution in [-0.4, -0.2) is 11.2 Å². The molecular weight excluding hydrogens is 256 g/mol. The van der Waals surface area contributed by atoms with Crippen LogP contribution in [0.5, 0.6) is 0 Å². The van der Waals surface area contributed by atoms with Crippen LogP contribution in [0.2, 0.25) is 0 Å². The van der Waals surface area contributed by atoms with E-state index in [1.807, 2.05) is 6.08 Å². The van der Waals surface area contributed by atoms with E-state index >= 15 is 0 Å². The van der Waals surface area contributed by atoms with Crippen LogP contribution >= 0.6 is 0 Å². The summed E-state index contributed by atoms with van der Waals surface area (Å²) in [4.78, 5) is 0. The fraction of sp³-hybridized carbons (Fsp3) is 0.900. The molecule has 4 unspecified atom stereocenters. The molecule has 0 N–H and O–H groups in total. The van der Waals surface area contributed by atoms with E-state index in [1.165, 1.54) is 38.5 Å². The van der Waals surface area contributed by atoms with Gasteiger partial charge in [-0.2, -0.15) is 0 Å². The summed E-state index contributed by atoms with van der Waals surface area (Å²) in [5, 5.41) is 0. The van der Waals surface area contributed by atoms with E-state index in [0.717, 1.165) is 18.3 Å². The van der Waals surface area contributed by atoms with Crippen molar-refractivity contribution in [2.45, 2.75) is 90.8 Å². The first-order valence-electron chi connectivity index (χ1n) is 8.99.